The number of nitrogens with one attached hydrogen (secondary N) is 1. The average molecular weight is 275 g/mol. The minimum absolute atomic E-state index is 0.0331. The zero-order chi connectivity index (χ0) is 14.7. The number of benzene rings is 1. The lowest BCUT2D eigenvalue weighted by molar-refractivity contribution is -0.274. The van der Waals surface area contributed by atoms with Crippen LogP contribution in [0.1, 0.15) is 38.8 Å². The van der Waals surface area contributed by atoms with Crippen molar-refractivity contribution in [2.75, 3.05) is 7.05 Å². The molecule has 0 aromatic heterocycles. The summed E-state index contributed by atoms with van der Waals surface area (Å²) in [6.07, 6.45) is -3.75. The summed E-state index contributed by atoms with van der Waals surface area (Å²) in [6, 6.07) is 6.09. The van der Waals surface area contributed by atoms with Crippen molar-refractivity contribution in [3.05, 3.63) is 29.8 Å². The Morgan fingerprint density at radius 2 is 1.89 bits per heavy atom. The van der Waals surface area contributed by atoms with Gasteiger partial charge in [0.1, 0.15) is 5.75 Å². The quantitative estimate of drug-likeness (QED) is 0.866. The summed E-state index contributed by atoms with van der Waals surface area (Å²) in [7, 11) is 1.80. The van der Waals surface area contributed by atoms with Gasteiger partial charge in [-0.3, -0.25) is 0 Å². The zero-order valence-corrected chi connectivity index (χ0v) is 11.6. The first-order valence-corrected chi connectivity index (χ1v) is 6.22. The molecule has 5 heteroatoms. The Balaban J connectivity index is 3.03. The van der Waals surface area contributed by atoms with E-state index in [2.05, 4.69) is 30.8 Å². The van der Waals surface area contributed by atoms with Crippen molar-refractivity contribution >= 4 is 0 Å². The molecule has 0 heterocycles. The molecule has 1 N–H and O–H groups in total. The standard InChI is InChI=1S/C14H20F3NO/c1-5-13(2,3)12(18-4)10-7-6-8-11(9-10)19-14(15,16)17/h6-9,12,18H,5H2,1-4H3. The molecule has 0 fully saturated rings. The molecular formula is C14H20F3NO. The van der Waals surface area contributed by atoms with Crippen LogP contribution < -0.4 is 10.1 Å². The number of rotatable bonds is 5. The van der Waals surface area contributed by atoms with Crippen molar-refractivity contribution in [1.82, 2.24) is 5.32 Å². The highest BCUT2D eigenvalue weighted by atomic mass is 19.4. The molecule has 1 unspecified atom stereocenters. The highest BCUT2D eigenvalue weighted by molar-refractivity contribution is 5.31. The van der Waals surface area contributed by atoms with Crippen molar-refractivity contribution in [3.63, 3.8) is 0 Å². The van der Waals surface area contributed by atoms with Gasteiger partial charge in [-0.15, -0.1) is 13.2 Å². The fourth-order valence-electron chi connectivity index (χ4n) is 2.10. The van der Waals surface area contributed by atoms with Crippen LogP contribution >= 0.6 is 0 Å². The third-order valence-corrected chi connectivity index (χ3v) is 3.41. The molecule has 0 aliphatic carbocycles. The Morgan fingerprint density at radius 1 is 1.26 bits per heavy atom. The highest BCUT2D eigenvalue weighted by Crippen LogP contribution is 2.37. The van der Waals surface area contributed by atoms with Gasteiger partial charge >= 0.3 is 6.36 Å². The summed E-state index contributed by atoms with van der Waals surface area (Å²) in [5, 5.41) is 3.16. The predicted octanol–water partition coefficient (Wildman–Crippen LogP) is 4.28. The lowest BCUT2D eigenvalue weighted by atomic mass is 9.78. The molecule has 1 atom stereocenters. The SMILES string of the molecule is CCC(C)(C)C(NC)c1cccc(OC(F)(F)F)c1. The van der Waals surface area contributed by atoms with Crippen LogP contribution in [0.2, 0.25) is 0 Å². The molecule has 1 rings (SSSR count). The summed E-state index contributed by atoms with van der Waals surface area (Å²) in [6.45, 7) is 6.21. The van der Waals surface area contributed by atoms with E-state index in [1.54, 1.807) is 13.1 Å². The molecule has 0 saturated heterocycles. The van der Waals surface area contributed by atoms with Crippen LogP contribution in [-0.4, -0.2) is 13.4 Å². The molecule has 1 aromatic rings. The Kier molecular flexibility index (Phi) is 4.85. The molecule has 0 aliphatic heterocycles. The maximum atomic E-state index is 12.2. The summed E-state index contributed by atoms with van der Waals surface area (Å²) in [4.78, 5) is 0. The third kappa shape index (κ3) is 4.42. The second kappa shape index (κ2) is 5.82. The fraction of sp³-hybridized carbons (Fsp3) is 0.571. The number of ether oxygens (including phenoxy) is 1. The van der Waals surface area contributed by atoms with Crippen LogP contribution in [0.3, 0.4) is 0 Å². The summed E-state index contributed by atoms with van der Waals surface area (Å²) in [5.74, 6) is -0.183. The zero-order valence-electron chi connectivity index (χ0n) is 11.6. The molecule has 1 aromatic carbocycles. The second-order valence-electron chi connectivity index (χ2n) is 5.18. The van der Waals surface area contributed by atoms with E-state index in [0.29, 0.717) is 0 Å². The van der Waals surface area contributed by atoms with Crippen molar-refractivity contribution in [2.24, 2.45) is 5.41 Å². The predicted molar refractivity (Wildman–Crippen MR) is 69.0 cm³/mol. The Bertz CT molecular complexity index is 415. The average Bonchev–Trinajstić information content (AvgIpc) is 2.28. The van der Waals surface area contributed by atoms with Crippen molar-refractivity contribution in [2.45, 2.75) is 39.6 Å². The lowest BCUT2D eigenvalue weighted by Gasteiger charge is -2.33. The molecule has 0 spiro atoms. The number of alkyl halides is 3. The number of halogens is 3. The summed E-state index contributed by atoms with van der Waals surface area (Å²) < 4.78 is 40.6. The first-order chi connectivity index (χ1) is 8.69. The Morgan fingerprint density at radius 3 is 2.37 bits per heavy atom. The van der Waals surface area contributed by atoms with Crippen LogP contribution in [-0.2, 0) is 0 Å². The first-order valence-electron chi connectivity index (χ1n) is 6.22. The fourth-order valence-corrected chi connectivity index (χ4v) is 2.10. The van der Waals surface area contributed by atoms with E-state index in [1.165, 1.54) is 12.1 Å². The molecule has 0 bridgehead atoms. The second-order valence-corrected chi connectivity index (χ2v) is 5.18. The largest absolute Gasteiger partial charge is 0.573 e. The van der Waals surface area contributed by atoms with Crippen LogP contribution in [0.5, 0.6) is 5.75 Å². The topological polar surface area (TPSA) is 21.3 Å². The molecule has 108 valence electrons. The molecule has 19 heavy (non-hydrogen) atoms. The van der Waals surface area contributed by atoms with Gasteiger partial charge in [0.05, 0.1) is 0 Å². The van der Waals surface area contributed by atoms with Gasteiger partial charge in [0.15, 0.2) is 0 Å². The van der Waals surface area contributed by atoms with Crippen molar-refractivity contribution in [1.29, 1.82) is 0 Å². The first kappa shape index (κ1) is 15.8. The van der Waals surface area contributed by atoms with E-state index in [4.69, 9.17) is 0 Å². The van der Waals surface area contributed by atoms with Crippen LogP contribution in [0.4, 0.5) is 13.2 Å². The van der Waals surface area contributed by atoms with Gasteiger partial charge in [-0.1, -0.05) is 32.9 Å². The van der Waals surface area contributed by atoms with Crippen LogP contribution in [0, 0.1) is 5.41 Å². The summed E-state index contributed by atoms with van der Waals surface area (Å²) in [5.41, 5.74) is 0.724. The van der Waals surface area contributed by atoms with Crippen LogP contribution in [0.25, 0.3) is 0 Å². The van der Waals surface area contributed by atoms with Gasteiger partial charge in [0, 0.05) is 6.04 Å². The van der Waals surface area contributed by atoms with Crippen LogP contribution in [0.15, 0.2) is 24.3 Å². The van der Waals surface area contributed by atoms with E-state index >= 15 is 0 Å². The van der Waals surface area contributed by atoms with Gasteiger partial charge < -0.3 is 10.1 Å². The smallest absolute Gasteiger partial charge is 0.406 e. The summed E-state index contributed by atoms with van der Waals surface area (Å²) >= 11 is 0. The molecule has 0 amide bonds. The van der Waals surface area contributed by atoms with E-state index in [9.17, 15) is 13.2 Å². The highest BCUT2D eigenvalue weighted by Gasteiger charge is 2.32. The Labute approximate surface area is 112 Å². The molecule has 0 aliphatic rings. The number of hydrogen-bond donors (Lipinski definition) is 1. The maximum absolute atomic E-state index is 12.2. The Hall–Kier alpha value is -1.23. The minimum Gasteiger partial charge on any atom is -0.406 e. The number of hydrogen-bond acceptors (Lipinski definition) is 2. The lowest BCUT2D eigenvalue weighted by Crippen LogP contribution is -2.31. The molecule has 2 nitrogen and oxygen atoms in total. The maximum Gasteiger partial charge on any atom is 0.573 e. The minimum atomic E-state index is -4.66. The van der Waals surface area contributed by atoms with Gasteiger partial charge in [-0.25, -0.2) is 0 Å². The van der Waals surface area contributed by atoms with Crippen molar-refractivity contribution in [3.8, 4) is 5.75 Å². The van der Waals surface area contributed by atoms with E-state index in [1.807, 2.05) is 6.07 Å². The van der Waals surface area contributed by atoms with E-state index in [-0.39, 0.29) is 17.2 Å². The van der Waals surface area contributed by atoms with Gasteiger partial charge in [-0.2, -0.15) is 0 Å². The van der Waals surface area contributed by atoms with E-state index in [0.717, 1.165) is 12.0 Å². The van der Waals surface area contributed by atoms with Gasteiger partial charge in [0.25, 0.3) is 0 Å². The van der Waals surface area contributed by atoms with Crippen molar-refractivity contribution < 1.29 is 17.9 Å². The van der Waals surface area contributed by atoms with Gasteiger partial charge in [-0.05, 0) is 36.6 Å². The molecular weight excluding hydrogens is 255 g/mol. The molecule has 0 radical (unpaired) electrons. The normalized spacial score (nSPS) is 14.3. The monoisotopic (exact) mass is 275 g/mol. The third-order valence-electron chi connectivity index (χ3n) is 3.41. The van der Waals surface area contributed by atoms with E-state index < -0.39 is 6.36 Å². The molecule has 0 saturated carbocycles. The van der Waals surface area contributed by atoms with Gasteiger partial charge in [0.2, 0.25) is 0 Å².